The number of rotatable bonds is 7. The van der Waals surface area contributed by atoms with Gasteiger partial charge in [0.25, 0.3) is 5.91 Å². The van der Waals surface area contributed by atoms with Crippen LogP contribution in [-0.2, 0) is 22.4 Å². The van der Waals surface area contributed by atoms with Crippen LogP contribution in [0.2, 0.25) is 0 Å². The molecular formula is C21H22FN3O3. The standard InChI is InChI=1S/C21H22FN3O3/c1-21(14-13-15-7-3-2-4-8-15)19(27)25(20(28)23-21)24-18(26)12-11-16-9-5-6-10-17(16)22/h2-10H,11-14H2,1H3,(H,23,28)(H,24,26). The van der Waals surface area contributed by atoms with Crippen molar-refractivity contribution in [2.45, 2.75) is 38.1 Å². The van der Waals surface area contributed by atoms with Gasteiger partial charge in [0, 0.05) is 6.42 Å². The summed E-state index contributed by atoms with van der Waals surface area (Å²) in [6.07, 6.45) is 1.15. The highest BCUT2D eigenvalue weighted by Crippen LogP contribution is 2.22. The molecule has 0 aliphatic carbocycles. The Kier molecular flexibility index (Phi) is 5.73. The first-order valence-electron chi connectivity index (χ1n) is 9.12. The number of amides is 4. The maximum atomic E-state index is 13.6. The van der Waals surface area contributed by atoms with E-state index in [0.29, 0.717) is 23.4 Å². The summed E-state index contributed by atoms with van der Waals surface area (Å²) < 4.78 is 13.6. The minimum atomic E-state index is -1.09. The summed E-state index contributed by atoms with van der Waals surface area (Å²) in [7, 11) is 0. The summed E-state index contributed by atoms with van der Waals surface area (Å²) in [6.45, 7) is 1.64. The van der Waals surface area contributed by atoms with Crippen LogP contribution in [0.15, 0.2) is 54.6 Å². The second-order valence-corrected chi connectivity index (χ2v) is 7.01. The van der Waals surface area contributed by atoms with Gasteiger partial charge >= 0.3 is 6.03 Å². The number of imide groups is 1. The van der Waals surface area contributed by atoms with Crippen LogP contribution >= 0.6 is 0 Å². The van der Waals surface area contributed by atoms with Crippen LogP contribution in [0.1, 0.15) is 30.9 Å². The van der Waals surface area contributed by atoms with Gasteiger partial charge in [-0.15, -0.1) is 0 Å². The molecule has 1 heterocycles. The average Bonchev–Trinajstić information content (AvgIpc) is 2.90. The second-order valence-electron chi connectivity index (χ2n) is 7.01. The van der Waals surface area contributed by atoms with E-state index in [1.165, 1.54) is 6.07 Å². The second kappa shape index (κ2) is 8.21. The molecule has 0 radical (unpaired) electrons. The van der Waals surface area contributed by atoms with Crippen LogP contribution in [0.5, 0.6) is 0 Å². The van der Waals surface area contributed by atoms with E-state index >= 15 is 0 Å². The van der Waals surface area contributed by atoms with E-state index in [1.54, 1.807) is 25.1 Å². The first kappa shape index (κ1) is 19.5. The van der Waals surface area contributed by atoms with Crippen molar-refractivity contribution >= 4 is 17.8 Å². The highest BCUT2D eigenvalue weighted by atomic mass is 19.1. The summed E-state index contributed by atoms with van der Waals surface area (Å²) in [6, 6.07) is 15.1. The van der Waals surface area contributed by atoms with Gasteiger partial charge in [-0.1, -0.05) is 48.5 Å². The molecular weight excluding hydrogens is 361 g/mol. The molecule has 2 aromatic rings. The molecule has 0 aromatic heterocycles. The van der Waals surface area contributed by atoms with E-state index in [2.05, 4.69) is 10.7 Å². The van der Waals surface area contributed by atoms with Gasteiger partial charge in [-0.3, -0.25) is 15.0 Å². The van der Waals surface area contributed by atoms with E-state index in [1.807, 2.05) is 30.3 Å². The Morgan fingerprint density at radius 2 is 1.75 bits per heavy atom. The summed E-state index contributed by atoms with van der Waals surface area (Å²) >= 11 is 0. The largest absolute Gasteiger partial charge is 0.344 e. The monoisotopic (exact) mass is 383 g/mol. The topological polar surface area (TPSA) is 78.5 Å². The fourth-order valence-electron chi connectivity index (χ4n) is 3.12. The predicted octanol–water partition coefficient (Wildman–Crippen LogP) is 2.73. The quantitative estimate of drug-likeness (QED) is 0.722. The zero-order valence-electron chi connectivity index (χ0n) is 15.6. The Hall–Kier alpha value is -3.22. The Balaban J connectivity index is 1.57. The SMILES string of the molecule is CC1(CCc2ccccc2)NC(=O)N(NC(=O)CCc2ccccc2F)C1=O. The molecule has 0 bridgehead atoms. The van der Waals surface area contributed by atoms with Crippen molar-refractivity contribution in [1.29, 1.82) is 0 Å². The Morgan fingerprint density at radius 1 is 1.07 bits per heavy atom. The van der Waals surface area contributed by atoms with Crippen molar-refractivity contribution in [2.75, 3.05) is 0 Å². The fraction of sp³-hybridized carbons (Fsp3) is 0.286. The molecule has 2 aromatic carbocycles. The Labute approximate surface area is 162 Å². The van der Waals surface area contributed by atoms with E-state index in [9.17, 15) is 18.8 Å². The molecule has 4 amide bonds. The van der Waals surface area contributed by atoms with Crippen LogP contribution in [0.25, 0.3) is 0 Å². The molecule has 1 atom stereocenters. The first-order chi connectivity index (χ1) is 13.4. The van der Waals surface area contributed by atoms with E-state index in [4.69, 9.17) is 0 Å². The molecule has 146 valence electrons. The Bertz CT molecular complexity index is 887. The first-order valence-corrected chi connectivity index (χ1v) is 9.12. The van der Waals surface area contributed by atoms with Gasteiger partial charge in [0.2, 0.25) is 5.91 Å². The van der Waals surface area contributed by atoms with Crippen LogP contribution in [0.4, 0.5) is 9.18 Å². The lowest BCUT2D eigenvalue weighted by Crippen LogP contribution is -2.49. The number of hydrazine groups is 1. The molecule has 1 aliphatic heterocycles. The summed E-state index contributed by atoms with van der Waals surface area (Å²) in [5, 5.41) is 3.37. The number of benzene rings is 2. The third kappa shape index (κ3) is 4.36. The van der Waals surface area contributed by atoms with Crippen molar-refractivity contribution < 1.29 is 18.8 Å². The minimum absolute atomic E-state index is 0.0429. The number of hydrogen-bond acceptors (Lipinski definition) is 3. The molecule has 1 unspecified atom stereocenters. The van der Waals surface area contributed by atoms with E-state index in [-0.39, 0.29) is 12.8 Å². The average molecular weight is 383 g/mol. The minimum Gasteiger partial charge on any atom is -0.322 e. The molecule has 1 fully saturated rings. The zero-order valence-corrected chi connectivity index (χ0v) is 15.6. The normalized spacial score (nSPS) is 18.9. The molecule has 1 saturated heterocycles. The van der Waals surface area contributed by atoms with Crippen LogP contribution in [0, 0.1) is 5.82 Å². The van der Waals surface area contributed by atoms with Crippen molar-refractivity contribution in [1.82, 2.24) is 15.8 Å². The van der Waals surface area contributed by atoms with Crippen LogP contribution in [0.3, 0.4) is 0 Å². The highest BCUT2D eigenvalue weighted by Gasteiger charge is 2.48. The van der Waals surface area contributed by atoms with Gasteiger partial charge < -0.3 is 5.32 Å². The number of nitrogens with one attached hydrogen (secondary N) is 2. The molecule has 7 heteroatoms. The van der Waals surface area contributed by atoms with Crippen LogP contribution in [-0.4, -0.2) is 28.4 Å². The van der Waals surface area contributed by atoms with Gasteiger partial charge in [0.05, 0.1) is 0 Å². The summed E-state index contributed by atoms with van der Waals surface area (Å²) in [4.78, 5) is 37.0. The highest BCUT2D eigenvalue weighted by molar-refractivity contribution is 6.07. The lowest BCUT2D eigenvalue weighted by Gasteiger charge is -2.21. The molecule has 1 aliphatic rings. The summed E-state index contributed by atoms with van der Waals surface area (Å²) in [5.41, 5.74) is 2.70. The smallest absolute Gasteiger partial charge is 0.322 e. The van der Waals surface area contributed by atoms with Crippen molar-refractivity contribution in [2.24, 2.45) is 0 Å². The molecule has 3 rings (SSSR count). The molecule has 28 heavy (non-hydrogen) atoms. The van der Waals surface area contributed by atoms with Crippen molar-refractivity contribution in [3.63, 3.8) is 0 Å². The molecule has 0 saturated carbocycles. The van der Waals surface area contributed by atoms with Gasteiger partial charge in [-0.05, 0) is 43.4 Å². The number of halogens is 1. The number of carbonyl (C=O) groups excluding carboxylic acids is 3. The summed E-state index contributed by atoms with van der Waals surface area (Å²) in [5.74, 6) is -1.43. The molecule has 0 spiro atoms. The Morgan fingerprint density at radius 3 is 2.46 bits per heavy atom. The number of aryl methyl sites for hydroxylation is 2. The lowest BCUT2D eigenvalue weighted by molar-refractivity contribution is -0.138. The van der Waals surface area contributed by atoms with Crippen LogP contribution < -0.4 is 10.7 Å². The van der Waals surface area contributed by atoms with E-state index in [0.717, 1.165) is 5.56 Å². The third-order valence-corrected chi connectivity index (χ3v) is 4.83. The predicted molar refractivity (Wildman–Crippen MR) is 101 cm³/mol. The molecule has 2 N–H and O–H groups in total. The van der Waals surface area contributed by atoms with Gasteiger partial charge in [-0.25, -0.2) is 9.18 Å². The lowest BCUT2D eigenvalue weighted by atomic mass is 9.93. The maximum Gasteiger partial charge on any atom is 0.344 e. The van der Waals surface area contributed by atoms with Crippen molar-refractivity contribution in [3.05, 3.63) is 71.5 Å². The van der Waals surface area contributed by atoms with E-state index < -0.39 is 29.2 Å². The maximum absolute atomic E-state index is 13.6. The third-order valence-electron chi connectivity index (χ3n) is 4.83. The van der Waals surface area contributed by atoms with Gasteiger partial charge in [0.15, 0.2) is 0 Å². The number of hydrogen-bond donors (Lipinski definition) is 2. The number of urea groups is 1. The molecule has 6 nitrogen and oxygen atoms in total. The number of carbonyl (C=O) groups is 3. The van der Waals surface area contributed by atoms with Gasteiger partial charge in [-0.2, -0.15) is 5.01 Å². The fourth-order valence-corrected chi connectivity index (χ4v) is 3.12. The zero-order chi connectivity index (χ0) is 20.1. The van der Waals surface area contributed by atoms with Gasteiger partial charge in [0.1, 0.15) is 11.4 Å². The number of nitrogens with zero attached hydrogens (tertiary/aromatic N) is 1. The van der Waals surface area contributed by atoms with Crippen molar-refractivity contribution in [3.8, 4) is 0 Å².